The van der Waals surface area contributed by atoms with Gasteiger partial charge in [0.1, 0.15) is 11.6 Å². The summed E-state index contributed by atoms with van der Waals surface area (Å²) in [5.41, 5.74) is 9.18. The van der Waals surface area contributed by atoms with E-state index >= 15 is 0 Å². The molecule has 4 nitrogen and oxygen atoms in total. The molecular formula is C15H18BrN3O. The van der Waals surface area contributed by atoms with Crippen LogP contribution in [0.4, 0.5) is 0 Å². The van der Waals surface area contributed by atoms with Crippen LogP contribution in [0.3, 0.4) is 0 Å². The summed E-state index contributed by atoms with van der Waals surface area (Å²) in [5, 5.41) is 0. The average molecular weight is 336 g/mol. The highest BCUT2D eigenvalue weighted by Crippen LogP contribution is 2.33. The zero-order valence-corrected chi connectivity index (χ0v) is 13.1. The van der Waals surface area contributed by atoms with Gasteiger partial charge in [-0.2, -0.15) is 0 Å². The lowest BCUT2D eigenvalue weighted by Gasteiger charge is -2.15. The van der Waals surface area contributed by atoms with Gasteiger partial charge in [0.25, 0.3) is 0 Å². The van der Waals surface area contributed by atoms with E-state index < -0.39 is 0 Å². The number of nitrogens with two attached hydrogens (primary N) is 1. The number of rotatable bonds is 3. The minimum atomic E-state index is 0.520. The summed E-state index contributed by atoms with van der Waals surface area (Å²) < 4.78 is 8.50. The SMILES string of the molecule is COc1ccc(-c2nc3n(c2CN)CCCC3)cc1Br. The first kappa shape index (κ1) is 13.6. The van der Waals surface area contributed by atoms with Crippen molar-refractivity contribution in [2.45, 2.75) is 32.4 Å². The van der Waals surface area contributed by atoms with Gasteiger partial charge in [0, 0.05) is 25.1 Å². The van der Waals surface area contributed by atoms with E-state index in [1.54, 1.807) is 7.11 Å². The molecular weight excluding hydrogens is 318 g/mol. The van der Waals surface area contributed by atoms with E-state index in [0.29, 0.717) is 6.54 Å². The number of imidazole rings is 1. The summed E-state index contributed by atoms with van der Waals surface area (Å²) in [6, 6.07) is 6.04. The fraction of sp³-hybridized carbons (Fsp3) is 0.400. The van der Waals surface area contributed by atoms with Crippen molar-refractivity contribution < 1.29 is 4.74 Å². The first-order valence-corrected chi connectivity index (χ1v) is 7.66. The fourth-order valence-corrected chi connectivity index (χ4v) is 3.34. The van der Waals surface area contributed by atoms with Crippen LogP contribution >= 0.6 is 15.9 Å². The van der Waals surface area contributed by atoms with Crippen molar-refractivity contribution in [3.63, 3.8) is 0 Å². The number of ether oxygens (including phenoxy) is 1. The topological polar surface area (TPSA) is 53.1 Å². The van der Waals surface area contributed by atoms with E-state index in [4.69, 9.17) is 15.5 Å². The van der Waals surface area contributed by atoms with Crippen molar-refractivity contribution in [1.29, 1.82) is 0 Å². The molecule has 1 aliphatic rings. The maximum Gasteiger partial charge on any atom is 0.133 e. The van der Waals surface area contributed by atoms with Gasteiger partial charge in [-0.15, -0.1) is 0 Å². The number of methoxy groups -OCH3 is 1. The molecule has 0 fully saturated rings. The molecule has 2 aromatic rings. The Balaban J connectivity index is 2.09. The Labute approximate surface area is 127 Å². The normalized spacial score (nSPS) is 14.2. The minimum Gasteiger partial charge on any atom is -0.496 e. The van der Waals surface area contributed by atoms with Gasteiger partial charge < -0.3 is 15.0 Å². The molecule has 2 N–H and O–H groups in total. The van der Waals surface area contributed by atoms with Crippen molar-refractivity contribution in [2.75, 3.05) is 7.11 Å². The average Bonchev–Trinajstić information content (AvgIpc) is 2.85. The van der Waals surface area contributed by atoms with Crippen LogP contribution in [0.25, 0.3) is 11.3 Å². The summed E-state index contributed by atoms with van der Waals surface area (Å²) in [6.45, 7) is 1.55. The first-order chi connectivity index (χ1) is 9.74. The van der Waals surface area contributed by atoms with Gasteiger partial charge in [0.2, 0.25) is 0 Å². The Kier molecular flexibility index (Phi) is 3.81. The summed E-state index contributed by atoms with van der Waals surface area (Å²) >= 11 is 3.53. The number of aryl methyl sites for hydroxylation is 1. The largest absolute Gasteiger partial charge is 0.496 e. The number of hydrogen-bond donors (Lipinski definition) is 1. The van der Waals surface area contributed by atoms with Gasteiger partial charge in [-0.1, -0.05) is 0 Å². The number of benzene rings is 1. The Bertz CT molecular complexity index is 636. The number of nitrogens with zero attached hydrogens (tertiary/aromatic N) is 2. The third kappa shape index (κ3) is 2.25. The highest BCUT2D eigenvalue weighted by atomic mass is 79.9. The number of aromatic nitrogens is 2. The molecule has 0 saturated heterocycles. The van der Waals surface area contributed by atoms with E-state index in [9.17, 15) is 0 Å². The van der Waals surface area contributed by atoms with Crippen LogP contribution in [0.5, 0.6) is 5.75 Å². The second-order valence-corrected chi connectivity index (χ2v) is 5.84. The number of hydrogen-bond acceptors (Lipinski definition) is 3. The van der Waals surface area contributed by atoms with Gasteiger partial charge in [-0.3, -0.25) is 0 Å². The molecule has 0 spiro atoms. The number of fused-ring (bicyclic) bond motifs is 1. The summed E-state index contributed by atoms with van der Waals surface area (Å²) in [7, 11) is 1.67. The predicted molar refractivity (Wildman–Crippen MR) is 82.7 cm³/mol. The van der Waals surface area contributed by atoms with Crippen LogP contribution in [-0.2, 0) is 19.5 Å². The molecule has 3 rings (SSSR count). The molecule has 1 aromatic carbocycles. The van der Waals surface area contributed by atoms with Crippen LogP contribution in [0, 0.1) is 0 Å². The fourth-order valence-electron chi connectivity index (χ4n) is 2.80. The zero-order chi connectivity index (χ0) is 14.1. The van der Waals surface area contributed by atoms with E-state index in [0.717, 1.165) is 40.1 Å². The van der Waals surface area contributed by atoms with Crippen LogP contribution in [-0.4, -0.2) is 16.7 Å². The van der Waals surface area contributed by atoms with E-state index in [2.05, 4.69) is 20.5 Å². The standard InChI is InChI=1S/C15H18BrN3O/c1-20-13-6-5-10(8-11(13)16)15-12(9-17)19-7-3-2-4-14(19)18-15/h5-6,8H,2-4,7,9,17H2,1H3. The lowest BCUT2D eigenvalue weighted by Crippen LogP contribution is -2.15. The van der Waals surface area contributed by atoms with Crippen LogP contribution in [0.15, 0.2) is 22.7 Å². The highest BCUT2D eigenvalue weighted by molar-refractivity contribution is 9.10. The summed E-state index contributed by atoms with van der Waals surface area (Å²) in [5.74, 6) is 1.99. The molecule has 1 aromatic heterocycles. The third-order valence-electron chi connectivity index (χ3n) is 3.80. The quantitative estimate of drug-likeness (QED) is 0.937. The predicted octanol–water partition coefficient (Wildman–Crippen LogP) is 3.12. The summed E-state index contributed by atoms with van der Waals surface area (Å²) in [6.07, 6.45) is 3.47. The monoisotopic (exact) mass is 335 g/mol. The lowest BCUT2D eigenvalue weighted by atomic mass is 10.1. The minimum absolute atomic E-state index is 0.520. The van der Waals surface area contributed by atoms with Crippen molar-refractivity contribution in [3.8, 4) is 17.0 Å². The maximum absolute atomic E-state index is 5.95. The highest BCUT2D eigenvalue weighted by Gasteiger charge is 2.20. The van der Waals surface area contributed by atoms with Crippen molar-refractivity contribution in [2.24, 2.45) is 5.73 Å². The molecule has 0 bridgehead atoms. The van der Waals surface area contributed by atoms with E-state index in [1.807, 2.05) is 18.2 Å². The third-order valence-corrected chi connectivity index (χ3v) is 4.42. The molecule has 0 unspecified atom stereocenters. The molecule has 0 atom stereocenters. The van der Waals surface area contributed by atoms with Gasteiger partial charge in [-0.05, 0) is 47.0 Å². The Morgan fingerprint density at radius 1 is 1.40 bits per heavy atom. The van der Waals surface area contributed by atoms with Gasteiger partial charge in [0.05, 0.1) is 23.0 Å². The van der Waals surface area contributed by atoms with Crippen molar-refractivity contribution >= 4 is 15.9 Å². The smallest absolute Gasteiger partial charge is 0.133 e. The van der Waals surface area contributed by atoms with Crippen LogP contribution in [0.2, 0.25) is 0 Å². The van der Waals surface area contributed by atoms with Crippen LogP contribution in [0.1, 0.15) is 24.4 Å². The summed E-state index contributed by atoms with van der Waals surface area (Å²) in [4.78, 5) is 4.81. The van der Waals surface area contributed by atoms with Gasteiger partial charge >= 0.3 is 0 Å². The zero-order valence-electron chi connectivity index (χ0n) is 11.5. The maximum atomic E-state index is 5.95. The Hall–Kier alpha value is -1.33. The molecule has 0 radical (unpaired) electrons. The van der Waals surface area contributed by atoms with Crippen molar-refractivity contribution in [1.82, 2.24) is 9.55 Å². The van der Waals surface area contributed by atoms with Gasteiger partial charge in [0.15, 0.2) is 0 Å². The Morgan fingerprint density at radius 3 is 2.95 bits per heavy atom. The second-order valence-electron chi connectivity index (χ2n) is 4.99. The molecule has 106 valence electrons. The molecule has 0 saturated carbocycles. The molecule has 5 heteroatoms. The molecule has 0 aliphatic carbocycles. The van der Waals surface area contributed by atoms with E-state index in [1.165, 1.54) is 18.7 Å². The number of halogens is 1. The second kappa shape index (κ2) is 5.58. The molecule has 0 amide bonds. The van der Waals surface area contributed by atoms with Crippen molar-refractivity contribution in [3.05, 3.63) is 34.2 Å². The molecule has 2 heterocycles. The van der Waals surface area contributed by atoms with Crippen LogP contribution < -0.4 is 10.5 Å². The lowest BCUT2D eigenvalue weighted by molar-refractivity contribution is 0.412. The van der Waals surface area contributed by atoms with Gasteiger partial charge in [-0.25, -0.2) is 4.98 Å². The Morgan fingerprint density at radius 2 is 2.25 bits per heavy atom. The van der Waals surface area contributed by atoms with E-state index in [-0.39, 0.29) is 0 Å². The molecule has 20 heavy (non-hydrogen) atoms. The first-order valence-electron chi connectivity index (χ1n) is 6.87. The molecule has 1 aliphatic heterocycles.